The number of aryl methyl sites for hydroxylation is 2. The molecule has 0 spiro atoms. The van der Waals surface area contributed by atoms with Crippen molar-refractivity contribution >= 4 is 38.1 Å². The molecule has 6 nitrogen and oxygen atoms in total. The molecule has 1 amide bonds. The van der Waals surface area contributed by atoms with Crippen molar-refractivity contribution in [3.8, 4) is 0 Å². The molecule has 25 heavy (non-hydrogen) atoms. The van der Waals surface area contributed by atoms with Gasteiger partial charge in [0.25, 0.3) is 5.91 Å². The smallest absolute Gasteiger partial charge is 0.339 e. The zero-order valence-electron chi connectivity index (χ0n) is 14.3. The highest BCUT2D eigenvalue weighted by molar-refractivity contribution is 7.90. The van der Waals surface area contributed by atoms with Gasteiger partial charge in [0.2, 0.25) is 0 Å². The van der Waals surface area contributed by atoms with Crippen LogP contribution in [0.25, 0.3) is 0 Å². The van der Waals surface area contributed by atoms with Gasteiger partial charge in [0.05, 0.1) is 10.5 Å². The highest BCUT2D eigenvalue weighted by Crippen LogP contribution is 2.33. The number of carboxylic acids is 1. The van der Waals surface area contributed by atoms with Crippen LogP contribution in [0.4, 0.5) is 5.00 Å². The molecule has 0 aliphatic carbocycles. The second kappa shape index (κ2) is 6.97. The standard InChI is InChI=1S/C17H19NO5S2/c1-5-12-10(3)24-16(14(12)17(20)21)18-15(19)11-7-6-9(2)13(8-11)25(4,22)23/h6-8H,5H2,1-4H3,(H,18,19)(H,20,21). The molecular weight excluding hydrogens is 362 g/mol. The van der Waals surface area contributed by atoms with Gasteiger partial charge < -0.3 is 10.4 Å². The highest BCUT2D eigenvalue weighted by Gasteiger charge is 2.23. The lowest BCUT2D eigenvalue weighted by atomic mass is 10.1. The summed E-state index contributed by atoms with van der Waals surface area (Å²) in [7, 11) is -3.46. The molecule has 1 aromatic heterocycles. The Bertz CT molecular complexity index is 958. The lowest BCUT2D eigenvalue weighted by molar-refractivity contribution is 0.0697. The van der Waals surface area contributed by atoms with E-state index in [1.165, 1.54) is 23.5 Å². The summed E-state index contributed by atoms with van der Waals surface area (Å²) >= 11 is 1.20. The minimum Gasteiger partial charge on any atom is -0.478 e. The van der Waals surface area contributed by atoms with Gasteiger partial charge in [0.1, 0.15) is 5.00 Å². The Morgan fingerprint density at radius 1 is 1.24 bits per heavy atom. The van der Waals surface area contributed by atoms with Crippen LogP contribution >= 0.6 is 11.3 Å². The van der Waals surface area contributed by atoms with E-state index in [-0.39, 0.29) is 21.0 Å². The summed E-state index contributed by atoms with van der Waals surface area (Å²) in [6.45, 7) is 5.31. The van der Waals surface area contributed by atoms with Crippen molar-refractivity contribution in [2.24, 2.45) is 0 Å². The fourth-order valence-electron chi connectivity index (χ4n) is 2.63. The number of carbonyl (C=O) groups is 2. The summed E-state index contributed by atoms with van der Waals surface area (Å²) in [4.78, 5) is 24.9. The molecule has 134 valence electrons. The predicted molar refractivity (Wildman–Crippen MR) is 97.6 cm³/mol. The number of hydrogen-bond donors (Lipinski definition) is 2. The van der Waals surface area contributed by atoms with Crippen LogP contribution in [0.5, 0.6) is 0 Å². The SMILES string of the molecule is CCc1c(C)sc(NC(=O)c2ccc(C)c(S(C)(=O)=O)c2)c1C(=O)O. The number of hydrogen-bond acceptors (Lipinski definition) is 5. The Balaban J connectivity index is 2.44. The van der Waals surface area contributed by atoms with E-state index in [2.05, 4.69) is 5.32 Å². The maximum absolute atomic E-state index is 12.5. The number of carboxylic acid groups (broad SMARTS) is 1. The molecule has 8 heteroatoms. The van der Waals surface area contributed by atoms with Gasteiger partial charge in [-0.3, -0.25) is 4.79 Å². The number of thiophene rings is 1. The maximum atomic E-state index is 12.5. The highest BCUT2D eigenvalue weighted by atomic mass is 32.2. The van der Waals surface area contributed by atoms with Gasteiger partial charge in [-0.1, -0.05) is 13.0 Å². The van der Waals surface area contributed by atoms with Crippen LogP contribution in [0.2, 0.25) is 0 Å². The number of rotatable bonds is 5. The normalized spacial score (nSPS) is 11.4. The van der Waals surface area contributed by atoms with Gasteiger partial charge in [-0.15, -0.1) is 11.3 Å². The number of sulfone groups is 1. The van der Waals surface area contributed by atoms with Crippen LogP contribution in [0.3, 0.4) is 0 Å². The summed E-state index contributed by atoms with van der Waals surface area (Å²) in [5, 5.41) is 12.3. The second-order valence-corrected chi connectivity index (χ2v) is 8.92. The molecule has 1 aromatic carbocycles. The first kappa shape index (κ1) is 19.1. The molecule has 0 atom stereocenters. The first-order valence-electron chi connectivity index (χ1n) is 7.53. The summed E-state index contributed by atoms with van der Waals surface area (Å²) in [5.74, 6) is -1.64. The van der Waals surface area contributed by atoms with E-state index in [0.717, 1.165) is 11.1 Å². The Morgan fingerprint density at radius 3 is 2.40 bits per heavy atom. The molecule has 2 rings (SSSR count). The van der Waals surface area contributed by atoms with Crippen molar-refractivity contribution in [2.45, 2.75) is 32.1 Å². The van der Waals surface area contributed by atoms with Crippen molar-refractivity contribution in [1.29, 1.82) is 0 Å². The van der Waals surface area contributed by atoms with Crippen LogP contribution in [-0.2, 0) is 16.3 Å². The molecule has 0 aliphatic rings. The number of nitrogens with one attached hydrogen (secondary N) is 1. The van der Waals surface area contributed by atoms with Gasteiger partial charge in [-0.05, 0) is 43.5 Å². The van der Waals surface area contributed by atoms with E-state index >= 15 is 0 Å². The largest absolute Gasteiger partial charge is 0.478 e. The van der Waals surface area contributed by atoms with Crippen molar-refractivity contribution in [3.63, 3.8) is 0 Å². The van der Waals surface area contributed by atoms with Gasteiger partial charge in [-0.2, -0.15) is 0 Å². The molecule has 2 aromatic rings. The fourth-order valence-corrected chi connectivity index (χ4v) is 4.76. The first-order chi connectivity index (χ1) is 11.6. The predicted octanol–water partition coefficient (Wildman–Crippen LogP) is 3.28. The van der Waals surface area contributed by atoms with E-state index in [9.17, 15) is 23.1 Å². The number of carbonyl (C=O) groups excluding carboxylic acids is 1. The van der Waals surface area contributed by atoms with Crippen LogP contribution < -0.4 is 5.32 Å². The zero-order chi connectivity index (χ0) is 18.9. The fraction of sp³-hybridized carbons (Fsp3) is 0.294. The number of benzene rings is 1. The van der Waals surface area contributed by atoms with Gasteiger partial charge >= 0.3 is 5.97 Å². The van der Waals surface area contributed by atoms with E-state index in [4.69, 9.17) is 0 Å². The second-order valence-electron chi connectivity index (χ2n) is 5.71. The quantitative estimate of drug-likeness (QED) is 0.828. The number of aromatic carboxylic acids is 1. The topological polar surface area (TPSA) is 101 Å². The van der Waals surface area contributed by atoms with Crippen molar-refractivity contribution in [3.05, 3.63) is 45.3 Å². The zero-order valence-corrected chi connectivity index (χ0v) is 16.0. The van der Waals surface area contributed by atoms with Gasteiger partial charge in [0.15, 0.2) is 9.84 Å². The third kappa shape index (κ3) is 3.91. The van der Waals surface area contributed by atoms with E-state index in [1.807, 2.05) is 6.92 Å². The Morgan fingerprint density at radius 2 is 1.88 bits per heavy atom. The van der Waals surface area contributed by atoms with E-state index < -0.39 is 21.7 Å². The average Bonchev–Trinajstić information content (AvgIpc) is 2.81. The van der Waals surface area contributed by atoms with Crippen LogP contribution in [-0.4, -0.2) is 31.7 Å². The molecule has 0 fully saturated rings. The molecular formula is C17H19NO5S2. The first-order valence-corrected chi connectivity index (χ1v) is 10.2. The Kier molecular flexibility index (Phi) is 5.34. The molecule has 2 N–H and O–H groups in total. The third-order valence-corrected chi connectivity index (χ3v) is 6.15. The average molecular weight is 381 g/mol. The summed E-state index contributed by atoms with van der Waals surface area (Å²) in [5.41, 5.74) is 1.49. The lowest BCUT2D eigenvalue weighted by Gasteiger charge is -2.08. The van der Waals surface area contributed by atoms with E-state index in [1.54, 1.807) is 19.9 Å². The maximum Gasteiger partial charge on any atom is 0.339 e. The molecule has 0 unspecified atom stereocenters. The molecule has 0 radical (unpaired) electrons. The Labute approximate surface area is 150 Å². The van der Waals surface area contributed by atoms with Gasteiger partial charge in [0, 0.05) is 16.7 Å². The molecule has 0 aliphatic heterocycles. The third-order valence-electron chi connectivity index (χ3n) is 3.85. The summed E-state index contributed by atoms with van der Waals surface area (Å²) in [6.07, 6.45) is 1.62. The summed E-state index contributed by atoms with van der Waals surface area (Å²) in [6, 6.07) is 4.38. The number of anilines is 1. The van der Waals surface area contributed by atoms with Crippen molar-refractivity contribution in [1.82, 2.24) is 0 Å². The minimum absolute atomic E-state index is 0.0789. The van der Waals surface area contributed by atoms with Crippen molar-refractivity contribution in [2.75, 3.05) is 11.6 Å². The molecule has 0 bridgehead atoms. The monoisotopic (exact) mass is 381 g/mol. The van der Waals surface area contributed by atoms with Crippen LogP contribution in [0.15, 0.2) is 23.1 Å². The molecule has 1 heterocycles. The van der Waals surface area contributed by atoms with Crippen LogP contribution in [0, 0.1) is 13.8 Å². The minimum atomic E-state index is -3.46. The Hall–Kier alpha value is -2.19. The molecule has 0 saturated carbocycles. The van der Waals surface area contributed by atoms with E-state index in [0.29, 0.717) is 17.5 Å². The molecule has 0 saturated heterocycles. The number of amides is 1. The van der Waals surface area contributed by atoms with Crippen LogP contribution in [0.1, 0.15) is 43.6 Å². The lowest BCUT2D eigenvalue weighted by Crippen LogP contribution is -2.15. The van der Waals surface area contributed by atoms with Gasteiger partial charge in [-0.25, -0.2) is 13.2 Å². The van der Waals surface area contributed by atoms with Crippen molar-refractivity contribution < 1.29 is 23.1 Å². The summed E-state index contributed by atoms with van der Waals surface area (Å²) < 4.78 is 23.6.